The van der Waals surface area contributed by atoms with Crippen molar-refractivity contribution in [2.45, 2.75) is 19.4 Å². The van der Waals surface area contributed by atoms with Gasteiger partial charge in [-0.3, -0.25) is 9.78 Å². The van der Waals surface area contributed by atoms with Crippen molar-refractivity contribution < 1.29 is 4.79 Å². The summed E-state index contributed by atoms with van der Waals surface area (Å²) in [6, 6.07) is 15.7. The molecule has 1 amide bonds. The maximum Gasteiger partial charge on any atom is 0.270 e. The van der Waals surface area contributed by atoms with Crippen molar-refractivity contribution >= 4 is 11.7 Å². The zero-order valence-electron chi connectivity index (χ0n) is 14.4. The topological polar surface area (TPSA) is 79.8 Å². The van der Waals surface area contributed by atoms with E-state index in [0.29, 0.717) is 24.6 Å². The van der Waals surface area contributed by atoms with Crippen LogP contribution < -0.4 is 10.6 Å². The summed E-state index contributed by atoms with van der Waals surface area (Å²) in [4.78, 5) is 24.4. The van der Waals surface area contributed by atoms with Crippen LogP contribution in [0.4, 0.5) is 5.82 Å². The Balaban J connectivity index is 1.46. The Bertz CT molecular complexity index is 824. The minimum Gasteiger partial charge on any atom is -0.366 e. The molecule has 6 heteroatoms. The van der Waals surface area contributed by atoms with Crippen molar-refractivity contribution in [1.82, 2.24) is 20.3 Å². The number of carbonyl (C=O) groups excluding carboxylic acids is 1. The molecule has 132 valence electrons. The Hall–Kier alpha value is -3.28. The molecular formula is C20H21N5O. The molecule has 2 aromatic heterocycles. The van der Waals surface area contributed by atoms with E-state index in [9.17, 15) is 4.79 Å². The first-order valence-electron chi connectivity index (χ1n) is 8.58. The summed E-state index contributed by atoms with van der Waals surface area (Å²) in [6.45, 7) is 1.22. The highest BCUT2D eigenvalue weighted by Gasteiger charge is 2.08. The van der Waals surface area contributed by atoms with E-state index in [0.717, 1.165) is 18.4 Å². The van der Waals surface area contributed by atoms with Gasteiger partial charge in [-0.25, -0.2) is 9.97 Å². The standard InChI is InChI=1S/C20H21N5O/c26-20(22-10-4-7-16-5-2-1-3-6-16)18-13-19(25-15-24-18)23-14-17-8-11-21-12-9-17/h1-3,5-6,8-9,11-13,15H,4,7,10,14H2,(H,22,26)(H,23,24,25). The number of aryl methyl sites for hydroxylation is 1. The fourth-order valence-corrected chi connectivity index (χ4v) is 2.50. The lowest BCUT2D eigenvalue weighted by molar-refractivity contribution is 0.0948. The van der Waals surface area contributed by atoms with Gasteiger partial charge in [-0.15, -0.1) is 0 Å². The second kappa shape index (κ2) is 9.27. The van der Waals surface area contributed by atoms with Crippen molar-refractivity contribution in [2.75, 3.05) is 11.9 Å². The molecular weight excluding hydrogens is 326 g/mol. The molecule has 0 unspecified atom stereocenters. The maximum absolute atomic E-state index is 12.2. The van der Waals surface area contributed by atoms with Crippen LogP contribution in [-0.4, -0.2) is 27.4 Å². The minimum atomic E-state index is -0.188. The SMILES string of the molecule is O=C(NCCCc1ccccc1)c1cc(NCc2ccncc2)ncn1. The van der Waals surface area contributed by atoms with Gasteiger partial charge in [0.1, 0.15) is 17.8 Å². The Morgan fingerprint density at radius 2 is 1.77 bits per heavy atom. The molecule has 0 aliphatic heterocycles. The molecule has 0 fully saturated rings. The van der Waals surface area contributed by atoms with Crippen LogP contribution in [0, 0.1) is 0 Å². The van der Waals surface area contributed by atoms with Gasteiger partial charge >= 0.3 is 0 Å². The number of nitrogens with zero attached hydrogens (tertiary/aromatic N) is 3. The number of pyridine rings is 1. The predicted octanol–water partition coefficient (Wildman–Crippen LogP) is 2.85. The summed E-state index contributed by atoms with van der Waals surface area (Å²) in [7, 11) is 0. The predicted molar refractivity (Wildman–Crippen MR) is 101 cm³/mol. The smallest absolute Gasteiger partial charge is 0.270 e. The van der Waals surface area contributed by atoms with Gasteiger partial charge < -0.3 is 10.6 Å². The molecule has 0 aliphatic rings. The van der Waals surface area contributed by atoms with Crippen molar-refractivity contribution in [3.8, 4) is 0 Å². The van der Waals surface area contributed by atoms with Crippen molar-refractivity contribution in [1.29, 1.82) is 0 Å². The molecule has 3 aromatic rings. The number of carbonyl (C=O) groups is 1. The molecule has 0 bridgehead atoms. The first kappa shape index (κ1) is 17.5. The molecule has 0 spiro atoms. The fourth-order valence-electron chi connectivity index (χ4n) is 2.50. The van der Waals surface area contributed by atoms with E-state index in [2.05, 4.69) is 37.7 Å². The molecule has 0 saturated carbocycles. The summed E-state index contributed by atoms with van der Waals surface area (Å²) in [5.41, 5.74) is 2.72. The highest BCUT2D eigenvalue weighted by molar-refractivity contribution is 5.92. The number of aromatic nitrogens is 3. The van der Waals surface area contributed by atoms with Crippen LogP contribution >= 0.6 is 0 Å². The Morgan fingerprint density at radius 3 is 2.58 bits per heavy atom. The van der Waals surface area contributed by atoms with E-state index in [-0.39, 0.29) is 5.91 Å². The van der Waals surface area contributed by atoms with E-state index in [1.807, 2.05) is 30.3 Å². The van der Waals surface area contributed by atoms with Gasteiger partial charge in [0.2, 0.25) is 0 Å². The van der Waals surface area contributed by atoms with Crippen LogP contribution in [0.3, 0.4) is 0 Å². The third kappa shape index (κ3) is 5.37. The molecule has 0 aliphatic carbocycles. The van der Waals surface area contributed by atoms with Gasteiger partial charge in [-0.05, 0) is 36.1 Å². The zero-order chi connectivity index (χ0) is 18.0. The average molecular weight is 347 g/mol. The molecule has 26 heavy (non-hydrogen) atoms. The number of nitrogens with one attached hydrogen (secondary N) is 2. The Kier molecular flexibility index (Phi) is 6.25. The monoisotopic (exact) mass is 347 g/mol. The normalized spacial score (nSPS) is 10.3. The highest BCUT2D eigenvalue weighted by Crippen LogP contribution is 2.07. The molecule has 0 atom stereocenters. The number of rotatable bonds is 8. The van der Waals surface area contributed by atoms with Crippen molar-refractivity contribution in [3.63, 3.8) is 0 Å². The van der Waals surface area contributed by atoms with E-state index in [1.165, 1.54) is 11.9 Å². The van der Waals surface area contributed by atoms with Gasteiger partial charge in [-0.2, -0.15) is 0 Å². The van der Waals surface area contributed by atoms with Gasteiger partial charge in [0.25, 0.3) is 5.91 Å². The zero-order valence-corrected chi connectivity index (χ0v) is 14.4. The Labute approximate surface area is 152 Å². The number of benzene rings is 1. The highest BCUT2D eigenvalue weighted by atomic mass is 16.1. The number of amides is 1. The number of hydrogen-bond donors (Lipinski definition) is 2. The summed E-state index contributed by atoms with van der Waals surface area (Å²) < 4.78 is 0. The van der Waals surface area contributed by atoms with E-state index >= 15 is 0 Å². The van der Waals surface area contributed by atoms with Crippen LogP contribution in [0.15, 0.2) is 67.3 Å². The van der Waals surface area contributed by atoms with E-state index < -0.39 is 0 Å². The van der Waals surface area contributed by atoms with Crippen LogP contribution in [0.2, 0.25) is 0 Å². The first-order valence-corrected chi connectivity index (χ1v) is 8.58. The van der Waals surface area contributed by atoms with Gasteiger partial charge in [0.15, 0.2) is 0 Å². The second-order valence-electron chi connectivity index (χ2n) is 5.84. The van der Waals surface area contributed by atoms with Crippen LogP contribution in [0.1, 0.15) is 28.0 Å². The third-order valence-corrected chi connectivity index (χ3v) is 3.89. The molecule has 0 saturated heterocycles. The second-order valence-corrected chi connectivity index (χ2v) is 5.84. The van der Waals surface area contributed by atoms with Crippen molar-refractivity contribution in [3.05, 3.63) is 84.1 Å². The first-order chi connectivity index (χ1) is 12.8. The molecule has 1 aromatic carbocycles. The lowest BCUT2D eigenvalue weighted by Crippen LogP contribution is -2.26. The lowest BCUT2D eigenvalue weighted by atomic mass is 10.1. The summed E-state index contributed by atoms with van der Waals surface area (Å²) >= 11 is 0. The maximum atomic E-state index is 12.2. The molecule has 3 rings (SSSR count). The largest absolute Gasteiger partial charge is 0.366 e. The number of hydrogen-bond acceptors (Lipinski definition) is 5. The molecule has 0 radical (unpaired) electrons. The van der Waals surface area contributed by atoms with Gasteiger partial charge in [-0.1, -0.05) is 30.3 Å². The van der Waals surface area contributed by atoms with Crippen LogP contribution in [-0.2, 0) is 13.0 Å². The molecule has 6 nitrogen and oxygen atoms in total. The molecule has 2 heterocycles. The third-order valence-electron chi connectivity index (χ3n) is 3.89. The number of anilines is 1. The summed E-state index contributed by atoms with van der Waals surface area (Å²) in [6.07, 6.45) is 6.70. The quantitative estimate of drug-likeness (QED) is 0.613. The average Bonchev–Trinajstić information content (AvgIpc) is 2.71. The van der Waals surface area contributed by atoms with E-state index in [4.69, 9.17) is 0 Å². The van der Waals surface area contributed by atoms with Crippen LogP contribution in [0.5, 0.6) is 0 Å². The van der Waals surface area contributed by atoms with Crippen molar-refractivity contribution in [2.24, 2.45) is 0 Å². The minimum absolute atomic E-state index is 0.188. The van der Waals surface area contributed by atoms with E-state index in [1.54, 1.807) is 18.5 Å². The van der Waals surface area contributed by atoms with Gasteiger partial charge in [0, 0.05) is 31.5 Å². The summed E-state index contributed by atoms with van der Waals surface area (Å²) in [5, 5.41) is 6.09. The molecule has 2 N–H and O–H groups in total. The fraction of sp³-hybridized carbons (Fsp3) is 0.200. The van der Waals surface area contributed by atoms with Gasteiger partial charge in [0.05, 0.1) is 0 Å². The lowest BCUT2D eigenvalue weighted by Gasteiger charge is -2.08. The van der Waals surface area contributed by atoms with Crippen LogP contribution in [0.25, 0.3) is 0 Å². The Morgan fingerprint density at radius 1 is 0.962 bits per heavy atom. The summed E-state index contributed by atoms with van der Waals surface area (Å²) in [5.74, 6) is 0.429.